The lowest BCUT2D eigenvalue weighted by molar-refractivity contribution is -0.122. The van der Waals surface area contributed by atoms with E-state index in [0.717, 1.165) is 10.5 Å². The summed E-state index contributed by atoms with van der Waals surface area (Å²) in [6.07, 6.45) is 1.32. The maximum Gasteiger partial charge on any atom is 0.335 e. The number of amides is 4. The first-order chi connectivity index (χ1) is 20.8. The van der Waals surface area contributed by atoms with Crippen LogP contribution in [0.25, 0.3) is 6.08 Å². The molecule has 0 unspecified atom stereocenters. The number of anilines is 1. The van der Waals surface area contributed by atoms with Gasteiger partial charge in [-0.15, -0.1) is 0 Å². The minimum atomic E-state index is -0.876. The van der Waals surface area contributed by atoms with Gasteiger partial charge < -0.3 is 14.2 Å². The van der Waals surface area contributed by atoms with Crippen LogP contribution in [0.5, 0.6) is 17.2 Å². The molecule has 4 amide bonds. The molecule has 1 N–H and O–H groups in total. The number of nitrogens with zero attached hydrogens (tertiary/aromatic N) is 1. The molecule has 4 aromatic carbocycles. The van der Waals surface area contributed by atoms with Crippen molar-refractivity contribution in [2.45, 2.75) is 20.1 Å². The second-order valence-electron chi connectivity index (χ2n) is 9.41. The van der Waals surface area contributed by atoms with E-state index in [9.17, 15) is 18.8 Å². The molecule has 1 aliphatic rings. The number of rotatable bonds is 10. The van der Waals surface area contributed by atoms with Crippen LogP contribution in [-0.2, 0) is 22.8 Å². The fourth-order valence-corrected chi connectivity index (χ4v) is 4.62. The monoisotopic (exact) mass is 600 g/mol. The Bertz CT molecular complexity index is 1690. The number of urea groups is 1. The lowest BCUT2D eigenvalue weighted by Crippen LogP contribution is -2.54. The van der Waals surface area contributed by atoms with Gasteiger partial charge in [-0.25, -0.2) is 14.1 Å². The van der Waals surface area contributed by atoms with Gasteiger partial charge in [0.25, 0.3) is 11.8 Å². The van der Waals surface area contributed by atoms with Crippen molar-refractivity contribution in [1.82, 2.24) is 5.32 Å². The summed E-state index contributed by atoms with van der Waals surface area (Å²) in [6.45, 7) is 2.44. The van der Waals surface area contributed by atoms with E-state index in [4.69, 9.17) is 25.8 Å². The Morgan fingerprint density at radius 2 is 1.56 bits per heavy atom. The zero-order valence-electron chi connectivity index (χ0n) is 23.0. The molecule has 1 fully saturated rings. The molecule has 43 heavy (non-hydrogen) atoms. The third kappa shape index (κ3) is 7.02. The zero-order chi connectivity index (χ0) is 30.3. The number of carbonyl (C=O) groups is 3. The summed E-state index contributed by atoms with van der Waals surface area (Å²) in [6, 6.07) is 24.1. The van der Waals surface area contributed by atoms with E-state index in [0.29, 0.717) is 23.5 Å². The second-order valence-corrected chi connectivity index (χ2v) is 9.81. The topological polar surface area (TPSA) is 94.2 Å². The lowest BCUT2D eigenvalue weighted by atomic mass is 10.1. The van der Waals surface area contributed by atoms with Gasteiger partial charge in [-0.05, 0) is 78.2 Å². The first-order valence-electron chi connectivity index (χ1n) is 13.3. The highest BCUT2D eigenvalue weighted by molar-refractivity contribution is 6.39. The van der Waals surface area contributed by atoms with E-state index in [1.807, 2.05) is 30.3 Å². The van der Waals surface area contributed by atoms with Gasteiger partial charge in [0.1, 0.15) is 30.4 Å². The molecule has 0 aromatic heterocycles. The van der Waals surface area contributed by atoms with Crippen LogP contribution in [0.3, 0.4) is 0 Å². The van der Waals surface area contributed by atoms with Gasteiger partial charge in [0.05, 0.1) is 17.3 Å². The molecule has 1 saturated heterocycles. The van der Waals surface area contributed by atoms with E-state index >= 15 is 0 Å². The van der Waals surface area contributed by atoms with Crippen LogP contribution in [0, 0.1) is 5.82 Å². The van der Waals surface area contributed by atoms with Crippen molar-refractivity contribution in [3.05, 3.63) is 124 Å². The van der Waals surface area contributed by atoms with Crippen molar-refractivity contribution >= 4 is 41.2 Å². The van der Waals surface area contributed by atoms with Crippen LogP contribution in [0.4, 0.5) is 14.9 Å². The molecule has 0 bridgehead atoms. The first-order valence-corrected chi connectivity index (χ1v) is 13.7. The molecule has 0 radical (unpaired) electrons. The van der Waals surface area contributed by atoms with Crippen molar-refractivity contribution in [2.24, 2.45) is 0 Å². The summed E-state index contributed by atoms with van der Waals surface area (Å²) < 4.78 is 30.9. The van der Waals surface area contributed by atoms with Crippen LogP contribution in [0.2, 0.25) is 5.02 Å². The number of nitrogens with one attached hydrogen (secondary N) is 1. The molecule has 0 saturated carbocycles. The first kappa shape index (κ1) is 29.3. The number of hydrogen-bond acceptors (Lipinski definition) is 6. The number of hydrogen-bond donors (Lipinski definition) is 1. The van der Waals surface area contributed by atoms with Crippen LogP contribution in [0.15, 0.2) is 96.6 Å². The summed E-state index contributed by atoms with van der Waals surface area (Å²) in [5.74, 6) is -1.03. The SMILES string of the molecule is CCOc1cc(/C=C2\C(=O)NC(=O)N(c3ccc(OCc4ccccc4)cc3)C2=O)cc(Cl)c1OCc1cccc(F)c1. The fourth-order valence-electron chi connectivity index (χ4n) is 4.35. The fraction of sp³-hybridized carbons (Fsp3) is 0.121. The highest BCUT2D eigenvalue weighted by atomic mass is 35.5. The van der Waals surface area contributed by atoms with Crippen molar-refractivity contribution in [1.29, 1.82) is 0 Å². The highest BCUT2D eigenvalue weighted by Crippen LogP contribution is 2.38. The Morgan fingerprint density at radius 1 is 0.837 bits per heavy atom. The Morgan fingerprint density at radius 3 is 2.28 bits per heavy atom. The van der Waals surface area contributed by atoms with Crippen molar-refractivity contribution < 1.29 is 33.0 Å². The maximum absolute atomic E-state index is 13.6. The highest BCUT2D eigenvalue weighted by Gasteiger charge is 2.37. The van der Waals surface area contributed by atoms with E-state index in [1.165, 1.54) is 24.3 Å². The minimum absolute atomic E-state index is 0.0338. The molecule has 0 aliphatic carbocycles. The number of ether oxygens (including phenoxy) is 3. The molecule has 8 nitrogen and oxygen atoms in total. The Balaban J connectivity index is 1.36. The minimum Gasteiger partial charge on any atom is -0.490 e. The van der Waals surface area contributed by atoms with E-state index in [2.05, 4.69) is 5.32 Å². The smallest absolute Gasteiger partial charge is 0.335 e. The number of imide groups is 2. The average Bonchev–Trinajstić information content (AvgIpc) is 2.99. The maximum atomic E-state index is 13.6. The Hall–Kier alpha value is -5.15. The third-order valence-corrected chi connectivity index (χ3v) is 6.64. The zero-order valence-corrected chi connectivity index (χ0v) is 23.8. The molecular weight excluding hydrogens is 575 g/mol. The molecule has 1 aliphatic heterocycles. The van der Waals surface area contributed by atoms with Gasteiger partial charge in [0, 0.05) is 0 Å². The number of benzene rings is 4. The second kappa shape index (κ2) is 13.2. The summed E-state index contributed by atoms with van der Waals surface area (Å²) in [5.41, 5.74) is 1.92. The van der Waals surface area contributed by atoms with E-state index < -0.39 is 23.7 Å². The third-order valence-electron chi connectivity index (χ3n) is 6.36. The molecule has 4 aromatic rings. The van der Waals surface area contributed by atoms with Crippen LogP contribution < -0.4 is 24.4 Å². The van der Waals surface area contributed by atoms with Gasteiger partial charge in [-0.2, -0.15) is 0 Å². The quantitative estimate of drug-likeness (QED) is 0.161. The molecule has 10 heteroatoms. The van der Waals surface area contributed by atoms with Gasteiger partial charge in [0.15, 0.2) is 11.5 Å². The van der Waals surface area contributed by atoms with Gasteiger partial charge in [-0.1, -0.05) is 54.1 Å². The summed E-state index contributed by atoms with van der Waals surface area (Å²) in [7, 11) is 0. The van der Waals surface area contributed by atoms with E-state index in [1.54, 1.807) is 49.4 Å². The molecule has 5 rings (SSSR count). The Labute approximate surface area is 252 Å². The summed E-state index contributed by atoms with van der Waals surface area (Å²) in [4.78, 5) is 39.7. The van der Waals surface area contributed by atoms with Crippen LogP contribution in [-0.4, -0.2) is 24.5 Å². The largest absolute Gasteiger partial charge is 0.490 e. The van der Waals surface area contributed by atoms with Crippen molar-refractivity contribution in [3.8, 4) is 17.2 Å². The van der Waals surface area contributed by atoms with Gasteiger partial charge in [-0.3, -0.25) is 14.9 Å². The average molecular weight is 601 g/mol. The summed E-state index contributed by atoms with van der Waals surface area (Å²) >= 11 is 6.52. The predicted molar refractivity (Wildman–Crippen MR) is 160 cm³/mol. The standard InChI is InChI=1S/C33H26ClFN2O6/c1-2-41-29-18-23(17-28(34)30(29)43-20-22-9-6-10-24(35)15-22)16-27-31(38)36-33(40)37(32(27)39)25-11-13-26(14-12-25)42-19-21-7-4-3-5-8-21/h3-18H,2,19-20H2,1H3,(H,36,38,40)/b27-16+. The van der Waals surface area contributed by atoms with Crippen LogP contribution in [0.1, 0.15) is 23.6 Å². The van der Waals surface area contributed by atoms with Gasteiger partial charge >= 0.3 is 6.03 Å². The van der Waals surface area contributed by atoms with E-state index in [-0.39, 0.29) is 41.0 Å². The molecular formula is C33H26ClFN2O6. The summed E-state index contributed by atoms with van der Waals surface area (Å²) in [5, 5.41) is 2.36. The van der Waals surface area contributed by atoms with Crippen molar-refractivity contribution in [2.75, 3.05) is 11.5 Å². The Kier molecular flexibility index (Phi) is 9.02. The molecule has 218 valence electrons. The number of barbiturate groups is 1. The molecule has 1 heterocycles. The number of halogens is 2. The predicted octanol–water partition coefficient (Wildman–Crippen LogP) is 6.70. The molecule has 0 atom stereocenters. The van der Waals surface area contributed by atoms with Gasteiger partial charge in [0.2, 0.25) is 0 Å². The normalized spacial score (nSPS) is 14.1. The van der Waals surface area contributed by atoms with Crippen LogP contribution >= 0.6 is 11.6 Å². The lowest BCUT2D eigenvalue weighted by Gasteiger charge is -2.26. The molecule has 0 spiro atoms. The van der Waals surface area contributed by atoms with Crippen molar-refractivity contribution in [3.63, 3.8) is 0 Å². The number of carbonyl (C=O) groups excluding carboxylic acids is 3.